The van der Waals surface area contributed by atoms with E-state index in [1.807, 2.05) is 14.0 Å². The van der Waals surface area contributed by atoms with E-state index in [9.17, 15) is 0 Å². The Morgan fingerprint density at radius 2 is 1.78 bits per heavy atom. The minimum absolute atomic E-state index is 0. The third kappa shape index (κ3) is 1.45. The van der Waals surface area contributed by atoms with Crippen molar-refractivity contribution in [1.29, 1.82) is 0 Å². The topological polar surface area (TPSA) is 12.0 Å². The first-order valence-electron chi connectivity index (χ1n) is 2.65. The Bertz CT molecular complexity index is 104. The van der Waals surface area contributed by atoms with Gasteiger partial charge in [-0.25, -0.2) is 0 Å². The SMILES string of the molecule is CN[C@H]1[C@H](C)C1(Cl)Cl.Cl. The molecule has 0 aromatic rings. The maximum Gasteiger partial charge on any atom is 0.137 e. The lowest BCUT2D eigenvalue weighted by atomic mass is 10.5. The van der Waals surface area contributed by atoms with Crippen LogP contribution in [0.4, 0.5) is 0 Å². The summed E-state index contributed by atoms with van der Waals surface area (Å²) < 4.78 is -0.491. The van der Waals surface area contributed by atoms with E-state index in [-0.39, 0.29) is 12.4 Å². The van der Waals surface area contributed by atoms with Crippen molar-refractivity contribution >= 4 is 35.6 Å². The molecule has 0 aromatic heterocycles. The predicted molar refractivity (Wildman–Crippen MR) is 43.7 cm³/mol. The van der Waals surface area contributed by atoms with E-state index < -0.39 is 4.33 Å². The molecule has 0 heterocycles. The van der Waals surface area contributed by atoms with Gasteiger partial charge in [-0.15, -0.1) is 12.4 Å². The van der Waals surface area contributed by atoms with Crippen LogP contribution in [-0.4, -0.2) is 17.4 Å². The minimum atomic E-state index is -0.491. The van der Waals surface area contributed by atoms with Crippen LogP contribution >= 0.6 is 35.6 Å². The lowest BCUT2D eigenvalue weighted by molar-refractivity contribution is 0.746. The predicted octanol–water partition coefficient (Wildman–Crippen LogP) is 1.82. The van der Waals surface area contributed by atoms with Crippen molar-refractivity contribution in [3.63, 3.8) is 0 Å². The van der Waals surface area contributed by atoms with Gasteiger partial charge in [0.15, 0.2) is 0 Å². The lowest BCUT2D eigenvalue weighted by Gasteiger charge is -1.92. The normalized spacial score (nSPS) is 37.3. The van der Waals surface area contributed by atoms with Crippen LogP contribution in [0.5, 0.6) is 0 Å². The summed E-state index contributed by atoms with van der Waals surface area (Å²) in [6.45, 7) is 2.03. The van der Waals surface area contributed by atoms with E-state index in [1.165, 1.54) is 0 Å². The molecule has 1 nitrogen and oxygen atoms in total. The second kappa shape index (κ2) is 2.83. The molecule has 1 N–H and O–H groups in total. The Morgan fingerprint density at radius 1 is 1.44 bits per heavy atom. The summed E-state index contributed by atoms with van der Waals surface area (Å²) >= 11 is 11.5. The molecule has 9 heavy (non-hydrogen) atoms. The molecular formula is C5H10Cl3N. The van der Waals surface area contributed by atoms with E-state index in [4.69, 9.17) is 23.2 Å². The molecule has 1 aliphatic carbocycles. The lowest BCUT2D eigenvalue weighted by Crippen LogP contribution is -2.14. The van der Waals surface area contributed by atoms with Crippen LogP contribution in [0.1, 0.15) is 6.92 Å². The Kier molecular flexibility index (Phi) is 3.09. The molecule has 0 aliphatic heterocycles. The van der Waals surface area contributed by atoms with Crippen molar-refractivity contribution in [3.05, 3.63) is 0 Å². The highest BCUT2D eigenvalue weighted by atomic mass is 35.5. The number of rotatable bonds is 1. The monoisotopic (exact) mass is 189 g/mol. The first-order chi connectivity index (χ1) is 3.60. The first-order valence-corrected chi connectivity index (χ1v) is 3.41. The van der Waals surface area contributed by atoms with Crippen molar-refractivity contribution in [3.8, 4) is 0 Å². The van der Waals surface area contributed by atoms with Crippen molar-refractivity contribution in [1.82, 2.24) is 5.32 Å². The van der Waals surface area contributed by atoms with E-state index in [1.54, 1.807) is 0 Å². The van der Waals surface area contributed by atoms with Crippen molar-refractivity contribution in [2.45, 2.75) is 17.3 Å². The van der Waals surface area contributed by atoms with E-state index >= 15 is 0 Å². The van der Waals surface area contributed by atoms with Gasteiger partial charge >= 0.3 is 0 Å². The molecule has 0 unspecified atom stereocenters. The Hall–Kier alpha value is 0.830. The van der Waals surface area contributed by atoms with Gasteiger partial charge in [-0.05, 0) is 7.05 Å². The van der Waals surface area contributed by atoms with E-state index in [2.05, 4.69) is 5.32 Å². The average molecular weight is 191 g/mol. The fraction of sp³-hybridized carbons (Fsp3) is 1.00. The third-order valence-electron chi connectivity index (χ3n) is 1.72. The first kappa shape index (κ1) is 9.83. The van der Waals surface area contributed by atoms with E-state index in [0.717, 1.165) is 0 Å². The summed E-state index contributed by atoms with van der Waals surface area (Å²) in [6, 6.07) is 0.297. The Balaban J connectivity index is 0.000000640. The molecule has 0 spiro atoms. The van der Waals surface area contributed by atoms with Gasteiger partial charge in [0.1, 0.15) is 4.33 Å². The molecule has 1 rings (SSSR count). The molecule has 56 valence electrons. The number of hydrogen-bond donors (Lipinski definition) is 1. The zero-order chi connectivity index (χ0) is 6.36. The standard InChI is InChI=1S/C5H9Cl2N.ClH/c1-3-4(8-2)5(3,6)7;/h3-4,8H,1-2H3;1H/t3-,4-;/m0./s1. The molecular weight excluding hydrogens is 180 g/mol. The van der Waals surface area contributed by atoms with E-state index in [0.29, 0.717) is 12.0 Å². The van der Waals surface area contributed by atoms with Crippen LogP contribution in [0.25, 0.3) is 0 Å². The summed E-state index contributed by atoms with van der Waals surface area (Å²) in [5, 5.41) is 3.02. The quantitative estimate of drug-likeness (QED) is 0.622. The molecule has 1 aliphatic rings. The third-order valence-corrected chi connectivity index (χ3v) is 2.88. The van der Waals surface area contributed by atoms with Gasteiger partial charge < -0.3 is 5.32 Å². The summed E-state index contributed by atoms with van der Waals surface area (Å²) in [5.74, 6) is 0.399. The maximum absolute atomic E-state index is 5.76. The average Bonchev–Trinajstić information content (AvgIpc) is 2.09. The molecule has 1 fully saturated rings. The molecule has 2 atom stereocenters. The van der Waals surface area contributed by atoms with Gasteiger partial charge in [-0.3, -0.25) is 0 Å². The van der Waals surface area contributed by atoms with Gasteiger partial charge in [0.05, 0.1) is 0 Å². The molecule has 0 saturated heterocycles. The van der Waals surface area contributed by atoms with Gasteiger partial charge in [0.25, 0.3) is 0 Å². The molecule has 0 amide bonds. The Morgan fingerprint density at radius 3 is 1.78 bits per heavy atom. The smallest absolute Gasteiger partial charge is 0.137 e. The second-order valence-electron chi connectivity index (χ2n) is 2.23. The number of alkyl halides is 2. The molecule has 0 bridgehead atoms. The van der Waals surface area contributed by atoms with Gasteiger partial charge in [-0.2, -0.15) is 0 Å². The van der Waals surface area contributed by atoms with Crippen LogP contribution < -0.4 is 5.32 Å². The second-order valence-corrected chi connectivity index (χ2v) is 3.67. The summed E-state index contributed by atoms with van der Waals surface area (Å²) in [5.41, 5.74) is 0. The minimum Gasteiger partial charge on any atom is -0.314 e. The van der Waals surface area contributed by atoms with Crippen molar-refractivity contribution in [2.75, 3.05) is 7.05 Å². The largest absolute Gasteiger partial charge is 0.314 e. The van der Waals surface area contributed by atoms with Crippen LogP contribution in [0.3, 0.4) is 0 Å². The zero-order valence-electron chi connectivity index (χ0n) is 5.32. The number of halogens is 3. The van der Waals surface area contributed by atoms with Crippen molar-refractivity contribution < 1.29 is 0 Å². The Labute approximate surface area is 71.5 Å². The summed E-state index contributed by atoms with van der Waals surface area (Å²) in [4.78, 5) is 0. The van der Waals surface area contributed by atoms with Gasteiger partial charge in [-0.1, -0.05) is 30.1 Å². The molecule has 4 heteroatoms. The highest BCUT2D eigenvalue weighted by Gasteiger charge is 2.59. The molecule has 0 radical (unpaired) electrons. The number of nitrogens with one attached hydrogen (secondary N) is 1. The van der Waals surface area contributed by atoms with Gasteiger partial charge in [0.2, 0.25) is 0 Å². The molecule has 1 saturated carbocycles. The maximum atomic E-state index is 5.76. The van der Waals surface area contributed by atoms with Crippen LogP contribution in [0.2, 0.25) is 0 Å². The van der Waals surface area contributed by atoms with Crippen LogP contribution in [0, 0.1) is 5.92 Å². The van der Waals surface area contributed by atoms with Gasteiger partial charge in [0, 0.05) is 12.0 Å². The summed E-state index contributed by atoms with van der Waals surface area (Å²) in [7, 11) is 1.87. The fourth-order valence-corrected chi connectivity index (χ4v) is 1.64. The molecule has 0 aromatic carbocycles. The summed E-state index contributed by atoms with van der Waals surface area (Å²) in [6.07, 6.45) is 0. The van der Waals surface area contributed by atoms with Crippen molar-refractivity contribution in [2.24, 2.45) is 5.92 Å². The zero-order valence-corrected chi connectivity index (χ0v) is 7.65. The number of hydrogen-bond acceptors (Lipinski definition) is 1. The highest BCUT2D eigenvalue weighted by Crippen LogP contribution is 2.52. The fourth-order valence-electron chi connectivity index (χ4n) is 0.922. The van der Waals surface area contributed by atoms with Crippen LogP contribution in [0.15, 0.2) is 0 Å². The highest BCUT2D eigenvalue weighted by molar-refractivity contribution is 6.51. The van der Waals surface area contributed by atoms with Crippen LogP contribution in [-0.2, 0) is 0 Å².